The highest BCUT2D eigenvalue weighted by Crippen LogP contribution is 2.37. The number of carbonyl (C=O) groups excluding carboxylic acids is 1. The van der Waals surface area contributed by atoms with Crippen LogP contribution in [0, 0.1) is 0 Å². The largest absolute Gasteiger partial charge is 0.546 e. The van der Waals surface area contributed by atoms with Crippen molar-refractivity contribution >= 4 is 5.97 Å². The Morgan fingerprint density at radius 2 is 1.88 bits per heavy atom. The maximum atomic E-state index is 10.9. The number of ether oxygens (including phenoxy) is 2. The normalized spacial score (nSPS) is 20.8. The number of carbonyl (C=O) groups is 1. The molecule has 5 heteroatoms. The fourth-order valence-electron chi connectivity index (χ4n) is 1.57. The van der Waals surface area contributed by atoms with E-state index >= 15 is 0 Å². The van der Waals surface area contributed by atoms with Crippen LogP contribution in [0.5, 0.6) is 11.5 Å². The van der Waals surface area contributed by atoms with E-state index in [2.05, 4.69) is 0 Å². The Balaban J connectivity index is 0.00000128. The first-order valence-corrected chi connectivity index (χ1v) is 4.66. The van der Waals surface area contributed by atoms with Gasteiger partial charge < -0.3 is 25.5 Å². The van der Waals surface area contributed by atoms with Gasteiger partial charge in [-0.2, -0.15) is 0 Å². The van der Waals surface area contributed by atoms with Crippen LogP contribution in [0.25, 0.3) is 0 Å². The predicted octanol–water partition coefficient (Wildman–Crippen LogP) is 0.731. The second-order valence-electron chi connectivity index (χ2n) is 3.97. The monoisotopic (exact) mass is 225 g/mol. The van der Waals surface area contributed by atoms with Crippen LogP contribution in [-0.2, 0) is 4.79 Å². The average Bonchev–Trinajstić information content (AvgIpc) is 2.14. The topological polar surface area (TPSA) is 95.1 Å². The van der Waals surface area contributed by atoms with Crippen molar-refractivity contribution in [3.8, 4) is 11.5 Å². The van der Waals surface area contributed by atoms with Crippen LogP contribution in [0.15, 0.2) is 24.3 Å². The highest BCUT2D eigenvalue weighted by atomic mass is 16.6. The quantitative estimate of drug-likeness (QED) is 0.762. The number of quaternary nitrogens is 1. The molecule has 0 saturated carbocycles. The lowest BCUT2D eigenvalue weighted by Crippen LogP contribution is -2.57. The number of fused-ring (bicyclic) bond motifs is 1. The molecule has 1 atom stereocenters. The van der Waals surface area contributed by atoms with Crippen LogP contribution in [0.4, 0.5) is 0 Å². The molecule has 5 nitrogen and oxygen atoms in total. The van der Waals surface area contributed by atoms with Crippen molar-refractivity contribution in [3.63, 3.8) is 0 Å². The van der Waals surface area contributed by atoms with Gasteiger partial charge in [0.15, 0.2) is 17.6 Å². The molecule has 0 fully saturated rings. The van der Waals surface area contributed by atoms with Gasteiger partial charge in [-0.15, -0.1) is 0 Å². The van der Waals surface area contributed by atoms with Gasteiger partial charge in [0.2, 0.25) is 0 Å². The van der Waals surface area contributed by atoms with E-state index in [-0.39, 0.29) is 6.15 Å². The molecule has 0 radical (unpaired) electrons. The van der Waals surface area contributed by atoms with E-state index in [0.29, 0.717) is 11.5 Å². The summed E-state index contributed by atoms with van der Waals surface area (Å²) in [6, 6.07) is 6.97. The van der Waals surface area contributed by atoms with Crippen LogP contribution in [0.3, 0.4) is 0 Å². The second-order valence-corrected chi connectivity index (χ2v) is 3.97. The van der Waals surface area contributed by atoms with Crippen molar-refractivity contribution in [1.82, 2.24) is 6.15 Å². The number of aliphatic carboxylic acids is 1. The molecule has 0 aliphatic carbocycles. The Morgan fingerprint density at radius 3 is 2.44 bits per heavy atom. The maximum absolute atomic E-state index is 10.9. The third-order valence-corrected chi connectivity index (χ3v) is 2.31. The van der Waals surface area contributed by atoms with E-state index in [1.54, 1.807) is 38.1 Å². The van der Waals surface area contributed by atoms with Crippen LogP contribution in [0.2, 0.25) is 0 Å². The second kappa shape index (κ2) is 4.02. The Labute approximate surface area is 93.6 Å². The first-order valence-electron chi connectivity index (χ1n) is 4.66. The SMILES string of the molecule is CC1(C)Oc2ccccc2OC1C(=O)[O-].[NH4+]. The van der Waals surface area contributed by atoms with Gasteiger partial charge in [0.1, 0.15) is 5.60 Å². The van der Waals surface area contributed by atoms with E-state index < -0.39 is 17.7 Å². The fourth-order valence-corrected chi connectivity index (χ4v) is 1.57. The van der Waals surface area contributed by atoms with Crippen molar-refractivity contribution in [2.24, 2.45) is 0 Å². The van der Waals surface area contributed by atoms with Crippen molar-refractivity contribution in [3.05, 3.63) is 24.3 Å². The molecule has 0 amide bonds. The lowest BCUT2D eigenvalue weighted by atomic mass is 10.00. The van der Waals surface area contributed by atoms with Gasteiger partial charge in [0, 0.05) is 0 Å². The molecule has 16 heavy (non-hydrogen) atoms. The van der Waals surface area contributed by atoms with E-state index in [9.17, 15) is 9.90 Å². The van der Waals surface area contributed by atoms with Gasteiger partial charge >= 0.3 is 0 Å². The van der Waals surface area contributed by atoms with Crippen molar-refractivity contribution in [1.29, 1.82) is 0 Å². The summed E-state index contributed by atoms with van der Waals surface area (Å²) in [6.45, 7) is 3.31. The van der Waals surface area contributed by atoms with E-state index in [4.69, 9.17) is 9.47 Å². The number of carboxylic acids is 1. The lowest BCUT2D eigenvalue weighted by Gasteiger charge is -2.40. The molecule has 0 aromatic heterocycles. The van der Waals surface area contributed by atoms with Crippen LogP contribution in [-0.4, -0.2) is 17.7 Å². The van der Waals surface area contributed by atoms with Gasteiger partial charge in [0.05, 0.1) is 5.97 Å². The Bertz CT molecular complexity index is 403. The van der Waals surface area contributed by atoms with Crippen molar-refractivity contribution in [2.45, 2.75) is 25.6 Å². The third kappa shape index (κ3) is 1.94. The third-order valence-electron chi connectivity index (χ3n) is 2.31. The minimum Gasteiger partial charge on any atom is -0.546 e. The molecule has 2 rings (SSSR count). The molecule has 0 bridgehead atoms. The summed E-state index contributed by atoms with van der Waals surface area (Å²) in [5.74, 6) is -0.277. The van der Waals surface area contributed by atoms with Crippen LogP contribution < -0.4 is 20.7 Å². The molecular formula is C11H15NO4. The Kier molecular flexibility index (Phi) is 3.09. The molecule has 1 aliphatic heterocycles. The van der Waals surface area contributed by atoms with Crippen molar-refractivity contribution in [2.75, 3.05) is 0 Å². The predicted molar refractivity (Wildman–Crippen MR) is 56.6 cm³/mol. The molecule has 1 aromatic rings. The fraction of sp³-hybridized carbons (Fsp3) is 0.364. The molecule has 4 N–H and O–H groups in total. The zero-order chi connectivity index (χ0) is 11.1. The highest BCUT2D eigenvalue weighted by Gasteiger charge is 2.39. The Hall–Kier alpha value is -1.75. The standard InChI is InChI=1S/C11H12O4.H3N/c1-11(2)9(10(12)13)14-7-5-3-4-6-8(7)15-11;/h3-6,9H,1-2H3,(H,12,13);1H3. The number of para-hydroxylation sites is 2. The summed E-state index contributed by atoms with van der Waals surface area (Å²) in [5, 5.41) is 10.9. The first kappa shape index (κ1) is 12.3. The van der Waals surface area contributed by atoms with E-state index in [1.807, 2.05) is 0 Å². The first-order chi connectivity index (χ1) is 7.00. The summed E-state index contributed by atoms with van der Waals surface area (Å²) in [4.78, 5) is 10.9. The molecule has 0 saturated heterocycles. The van der Waals surface area contributed by atoms with Gasteiger partial charge in [-0.25, -0.2) is 0 Å². The van der Waals surface area contributed by atoms with E-state index in [0.717, 1.165) is 0 Å². The van der Waals surface area contributed by atoms with Crippen LogP contribution in [0.1, 0.15) is 13.8 Å². The lowest BCUT2D eigenvalue weighted by molar-refractivity contribution is -0.319. The highest BCUT2D eigenvalue weighted by molar-refractivity contribution is 5.73. The number of hydrogen-bond donors (Lipinski definition) is 1. The number of carboxylic acid groups (broad SMARTS) is 1. The molecular weight excluding hydrogens is 210 g/mol. The average molecular weight is 225 g/mol. The molecule has 1 aromatic carbocycles. The van der Waals surface area contributed by atoms with Crippen molar-refractivity contribution < 1.29 is 19.4 Å². The van der Waals surface area contributed by atoms with Gasteiger partial charge in [-0.1, -0.05) is 12.1 Å². The number of hydrogen-bond acceptors (Lipinski definition) is 4. The molecule has 88 valence electrons. The summed E-state index contributed by atoms with van der Waals surface area (Å²) in [6.07, 6.45) is -1.09. The smallest absolute Gasteiger partial charge is 0.177 e. The molecule has 1 aliphatic rings. The minimum absolute atomic E-state index is 0. The number of rotatable bonds is 1. The minimum atomic E-state index is -1.27. The molecule has 1 unspecified atom stereocenters. The Morgan fingerprint density at radius 1 is 1.31 bits per heavy atom. The van der Waals surface area contributed by atoms with Crippen LogP contribution >= 0.6 is 0 Å². The molecule has 0 spiro atoms. The molecule has 1 heterocycles. The summed E-state index contributed by atoms with van der Waals surface area (Å²) in [5.41, 5.74) is -0.923. The maximum Gasteiger partial charge on any atom is 0.177 e. The van der Waals surface area contributed by atoms with Gasteiger partial charge in [0.25, 0.3) is 0 Å². The zero-order valence-electron chi connectivity index (χ0n) is 9.52. The van der Waals surface area contributed by atoms with Gasteiger partial charge in [-0.05, 0) is 26.0 Å². The zero-order valence-corrected chi connectivity index (χ0v) is 9.52. The summed E-state index contributed by atoms with van der Waals surface area (Å²) >= 11 is 0. The summed E-state index contributed by atoms with van der Waals surface area (Å²) < 4.78 is 10.9. The summed E-state index contributed by atoms with van der Waals surface area (Å²) in [7, 11) is 0. The van der Waals surface area contributed by atoms with E-state index in [1.165, 1.54) is 0 Å². The number of benzene rings is 1. The van der Waals surface area contributed by atoms with Gasteiger partial charge in [-0.3, -0.25) is 0 Å².